The van der Waals surface area contributed by atoms with Gasteiger partial charge in [0.2, 0.25) is 0 Å². The van der Waals surface area contributed by atoms with Crippen molar-refractivity contribution in [1.82, 2.24) is 9.97 Å². The molecule has 0 unspecified atom stereocenters. The third-order valence-electron chi connectivity index (χ3n) is 4.34. The first-order chi connectivity index (χ1) is 14.8. The summed E-state index contributed by atoms with van der Waals surface area (Å²) in [7, 11) is 0. The van der Waals surface area contributed by atoms with Crippen LogP contribution in [0, 0.1) is 30.3 Å². The Labute approximate surface area is 172 Å². The third-order valence-corrected chi connectivity index (χ3v) is 4.34. The maximum absolute atomic E-state index is 11.4. The molecule has 1 aromatic carbocycles. The average Bonchev–Trinajstić information content (AvgIpc) is 2.74. The molecule has 31 heavy (non-hydrogen) atoms. The number of benzene rings is 1. The number of anilines is 1. The number of nitro groups is 3. The van der Waals surface area contributed by atoms with Gasteiger partial charge >= 0.3 is 17.4 Å². The van der Waals surface area contributed by atoms with Gasteiger partial charge in [0, 0.05) is 24.1 Å². The van der Waals surface area contributed by atoms with Crippen LogP contribution in [0.3, 0.4) is 0 Å². The minimum atomic E-state index is -1.06. The molecule has 1 saturated heterocycles. The Hall–Kier alpha value is -4.59. The molecule has 0 N–H and O–H groups in total. The lowest BCUT2D eigenvalue weighted by molar-refractivity contribution is -0.404. The Balaban J connectivity index is 2.13. The van der Waals surface area contributed by atoms with E-state index in [9.17, 15) is 30.3 Å². The summed E-state index contributed by atoms with van der Waals surface area (Å²) in [5.41, 5.74) is 5.83. The molecule has 2 heterocycles. The summed E-state index contributed by atoms with van der Waals surface area (Å²) in [6.45, 7) is 1.29. The molecule has 0 amide bonds. The standard InChI is InChI=1S/C15H13N9O7/c16-20-19-12-8-13(21-4-2-1-3-5-21)18-15(17-12)31-14-10(23(27)28)6-9(22(25)26)7-11(14)24(29)30/h6-8H,1-5H2. The highest BCUT2D eigenvalue weighted by atomic mass is 16.6. The predicted molar refractivity (Wildman–Crippen MR) is 103 cm³/mol. The lowest BCUT2D eigenvalue weighted by Gasteiger charge is -2.27. The Morgan fingerprint density at radius 2 is 1.58 bits per heavy atom. The Morgan fingerprint density at radius 1 is 0.968 bits per heavy atom. The van der Waals surface area contributed by atoms with E-state index in [-0.39, 0.29) is 5.82 Å². The van der Waals surface area contributed by atoms with Gasteiger partial charge in [-0.2, -0.15) is 9.97 Å². The van der Waals surface area contributed by atoms with E-state index in [1.165, 1.54) is 6.07 Å². The number of ether oxygens (including phenoxy) is 1. The van der Waals surface area contributed by atoms with Crippen molar-refractivity contribution in [3.63, 3.8) is 0 Å². The number of hydrogen-bond acceptors (Lipinski definition) is 11. The van der Waals surface area contributed by atoms with E-state index in [0.717, 1.165) is 19.3 Å². The number of rotatable bonds is 7. The highest BCUT2D eigenvalue weighted by Crippen LogP contribution is 2.42. The van der Waals surface area contributed by atoms with E-state index < -0.39 is 43.6 Å². The van der Waals surface area contributed by atoms with E-state index in [1.54, 1.807) is 0 Å². The molecule has 2 aromatic rings. The molecule has 160 valence electrons. The lowest BCUT2D eigenvalue weighted by Crippen LogP contribution is -2.30. The zero-order valence-electron chi connectivity index (χ0n) is 15.7. The molecule has 0 saturated carbocycles. The predicted octanol–water partition coefficient (Wildman–Crippen LogP) is 3.93. The number of non-ortho nitro benzene ring substituents is 1. The first-order valence-electron chi connectivity index (χ1n) is 8.78. The molecule has 1 fully saturated rings. The van der Waals surface area contributed by atoms with Crippen LogP contribution in [0.1, 0.15) is 19.3 Å². The summed E-state index contributed by atoms with van der Waals surface area (Å²) in [4.78, 5) is 43.1. The van der Waals surface area contributed by atoms with E-state index in [0.29, 0.717) is 31.0 Å². The van der Waals surface area contributed by atoms with Gasteiger partial charge in [-0.1, -0.05) is 0 Å². The second-order valence-electron chi connectivity index (χ2n) is 6.29. The van der Waals surface area contributed by atoms with Crippen molar-refractivity contribution in [2.45, 2.75) is 19.3 Å². The van der Waals surface area contributed by atoms with Gasteiger partial charge in [0.15, 0.2) is 0 Å². The number of piperidine rings is 1. The van der Waals surface area contributed by atoms with Crippen LogP contribution < -0.4 is 9.64 Å². The van der Waals surface area contributed by atoms with Crippen molar-refractivity contribution in [2.75, 3.05) is 18.0 Å². The summed E-state index contributed by atoms with van der Waals surface area (Å²) in [5.74, 6) is -0.747. The minimum Gasteiger partial charge on any atom is -0.409 e. The highest BCUT2D eigenvalue weighted by Gasteiger charge is 2.33. The van der Waals surface area contributed by atoms with Gasteiger partial charge < -0.3 is 9.64 Å². The summed E-state index contributed by atoms with van der Waals surface area (Å²) < 4.78 is 5.28. The van der Waals surface area contributed by atoms with E-state index in [2.05, 4.69) is 20.0 Å². The largest absolute Gasteiger partial charge is 0.409 e. The molecule has 1 aromatic heterocycles. The fourth-order valence-corrected chi connectivity index (χ4v) is 2.99. The summed E-state index contributed by atoms with van der Waals surface area (Å²) >= 11 is 0. The van der Waals surface area contributed by atoms with Gasteiger partial charge in [0.05, 0.1) is 26.9 Å². The van der Waals surface area contributed by atoms with E-state index in [4.69, 9.17) is 10.3 Å². The fraction of sp³-hybridized carbons (Fsp3) is 0.333. The fourth-order valence-electron chi connectivity index (χ4n) is 2.99. The maximum atomic E-state index is 11.4. The molecule has 0 aliphatic carbocycles. The number of azide groups is 1. The van der Waals surface area contributed by atoms with Crippen LogP contribution in [0.2, 0.25) is 0 Å². The Bertz CT molecular complexity index is 1080. The van der Waals surface area contributed by atoms with Crippen molar-refractivity contribution in [2.24, 2.45) is 5.11 Å². The topological polar surface area (TPSA) is 216 Å². The van der Waals surface area contributed by atoms with Gasteiger partial charge in [-0.05, 0) is 29.9 Å². The van der Waals surface area contributed by atoms with Gasteiger partial charge in [0.1, 0.15) is 11.6 Å². The molecule has 0 atom stereocenters. The van der Waals surface area contributed by atoms with Gasteiger partial charge in [0.25, 0.3) is 11.4 Å². The second kappa shape index (κ2) is 8.83. The first-order valence-corrected chi connectivity index (χ1v) is 8.78. The van der Waals surface area contributed by atoms with Crippen LogP contribution in [0.15, 0.2) is 23.3 Å². The zero-order valence-corrected chi connectivity index (χ0v) is 15.7. The normalized spacial score (nSPS) is 13.2. The SMILES string of the molecule is [N-]=[N+]=Nc1cc(N2CCCCC2)nc(Oc2c([N+](=O)[O-])cc([N+](=O)[O-])cc2[N+](=O)[O-])n1. The molecule has 0 bridgehead atoms. The van der Waals surface area contributed by atoms with Crippen LogP contribution in [-0.4, -0.2) is 37.8 Å². The van der Waals surface area contributed by atoms with E-state index >= 15 is 0 Å². The Kier molecular flexibility index (Phi) is 6.02. The maximum Gasteiger partial charge on any atom is 0.325 e. The molecular formula is C15H13N9O7. The number of aromatic nitrogens is 2. The highest BCUT2D eigenvalue weighted by molar-refractivity contribution is 5.66. The molecular weight excluding hydrogens is 418 g/mol. The molecule has 0 radical (unpaired) electrons. The average molecular weight is 431 g/mol. The van der Waals surface area contributed by atoms with Crippen molar-refractivity contribution in [3.8, 4) is 11.8 Å². The first kappa shape index (κ1) is 21.1. The monoisotopic (exact) mass is 431 g/mol. The van der Waals surface area contributed by atoms with Crippen molar-refractivity contribution < 1.29 is 19.5 Å². The number of nitro benzene ring substituents is 3. The molecule has 3 rings (SSSR count). The Morgan fingerprint density at radius 3 is 2.10 bits per heavy atom. The smallest absolute Gasteiger partial charge is 0.325 e. The number of nitrogens with zero attached hydrogens (tertiary/aromatic N) is 9. The van der Waals surface area contributed by atoms with Gasteiger partial charge in [-0.3, -0.25) is 30.3 Å². The molecule has 16 heteroatoms. The van der Waals surface area contributed by atoms with Crippen molar-refractivity contribution >= 4 is 28.7 Å². The molecule has 1 aliphatic rings. The quantitative estimate of drug-likeness (QED) is 0.202. The van der Waals surface area contributed by atoms with Crippen LogP contribution in [0.5, 0.6) is 11.8 Å². The lowest BCUT2D eigenvalue weighted by atomic mass is 10.1. The summed E-state index contributed by atoms with van der Waals surface area (Å²) in [5, 5.41) is 37.2. The minimum absolute atomic E-state index is 0.166. The van der Waals surface area contributed by atoms with Crippen LogP contribution >= 0.6 is 0 Å². The molecule has 0 spiro atoms. The van der Waals surface area contributed by atoms with Gasteiger partial charge in [-0.25, -0.2) is 0 Å². The van der Waals surface area contributed by atoms with Crippen LogP contribution in [-0.2, 0) is 0 Å². The van der Waals surface area contributed by atoms with Crippen molar-refractivity contribution in [1.29, 1.82) is 0 Å². The molecule has 16 nitrogen and oxygen atoms in total. The third kappa shape index (κ3) is 4.70. The molecule has 1 aliphatic heterocycles. The summed E-state index contributed by atoms with van der Waals surface area (Å²) in [6.07, 6.45) is 2.79. The zero-order chi connectivity index (χ0) is 22.5. The van der Waals surface area contributed by atoms with Crippen LogP contribution in [0.25, 0.3) is 10.4 Å². The van der Waals surface area contributed by atoms with Crippen molar-refractivity contribution in [3.05, 3.63) is 59.0 Å². The second-order valence-corrected chi connectivity index (χ2v) is 6.29. The number of hydrogen-bond donors (Lipinski definition) is 0. The summed E-state index contributed by atoms with van der Waals surface area (Å²) in [6, 6.07) is 1.90. The van der Waals surface area contributed by atoms with E-state index in [1.807, 2.05) is 4.90 Å². The van der Waals surface area contributed by atoms with Gasteiger partial charge in [-0.15, -0.1) is 0 Å². The van der Waals surface area contributed by atoms with Crippen LogP contribution in [0.4, 0.5) is 28.7 Å².